The lowest BCUT2D eigenvalue weighted by Crippen LogP contribution is -2.21. The van der Waals surface area contributed by atoms with E-state index in [2.05, 4.69) is 48.7 Å². The predicted octanol–water partition coefficient (Wildman–Crippen LogP) is 0.832. The van der Waals surface area contributed by atoms with Gasteiger partial charge < -0.3 is 5.32 Å². The predicted molar refractivity (Wildman–Crippen MR) is 61.2 cm³/mol. The molecule has 0 bridgehead atoms. The van der Waals surface area contributed by atoms with Crippen molar-refractivity contribution in [1.29, 1.82) is 0 Å². The quantitative estimate of drug-likeness (QED) is 0.540. The maximum absolute atomic E-state index is 10.5. The molecule has 2 aromatic rings. The van der Waals surface area contributed by atoms with E-state index < -0.39 is 11.4 Å². The van der Waals surface area contributed by atoms with Crippen molar-refractivity contribution in [2.75, 3.05) is 5.32 Å². The first-order chi connectivity index (χ1) is 7.81. The van der Waals surface area contributed by atoms with Crippen LogP contribution in [-0.2, 0) is 0 Å². The minimum Gasteiger partial charge on any atom is -0.348 e. The Bertz CT molecular complexity index is 430. The second-order valence-electron chi connectivity index (χ2n) is 2.76. The molecule has 16 heavy (non-hydrogen) atoms. The molecule has 2 atom stereocenters. The number of thiol groups is 1. The highest BCUT2D eigenvalue weighted by Gasteiger charge is 2.25. The van der Waals surface area contributed by atoms with E-state index in [9.17, 15) is 4.91 Å². The van der Waals surface area contributed by atoms with Gasteiger partial charge in [0.2, 0.25) is 0 Å². The van der Waals surface area contributed by atoms with E-state index in [0.29, 0.717) is 11.0 Å². The van der Waals surface area contributed by atoms with E-state index in [0.717, 1.165) is 0 Å². The van der Waals surface area contributed by atoms with Crippen molar-refractivity contribution in [1.82, 2.24) is 25.6 Å². The van der Waals surface area contributed by atoms with E-state index in [1.54, 1.807) is 11.6 Å². The Morgan fingerprint density at radius 2 is 2.50 bits per heavy atom. The molecule has 8 nitrogen and oxygen atoms in total. The summed E-state index contributed by atoms with van der Waals surface area (Å²) < 4.78 is 0. The van der Waals surface area contributed by atoms with E-state index >= 15 is 0 Å². The van der Waals surface area contributed by atoms with Gasteiger partial charge in [0.15, 0.2) is 16.3 Å². The van der Waals surface area contributed by atoms with Gasteiger partial charge in [-0.1, -0.05) is 5.18 Å². The van der Waals surface area contributed by atoms with Crippen LogP contribution in [0, 0.1) is 4.91 Å². The standard InChI is InChI=1S/C6H7N7OS2/c14-11-5(15)3(4-9-12-13-10-4)8-6-7-1-2-16-6/h1-3,5,15H,(H,7,8)(H,9,10,12,13). The molecular formula is C6H7N7OS2. The Labute approximate surface area is 99.3 Å². The van der Waals surface area contributed by atoms with E-state index in [4.69, 9.17) is 0 Å². The number of nitroso groups, excluding NO2 is 1. The molecule has 0 aliphatic carbocycles. The first kappa shape index (κ1) is 11.0. The number of H-pyrrole nitrogens is 1. The number of hydrogen-bond donors (Lipinski definition) is 3. The second-order valence-corrected chi connectivity index (χ2v) is 4.19. The molecule has 0 saturated carbocycles. The van der Waals surface area contributed by atoms with Crippen LogP contribution in [0.3, 0.4) is 0 Å². The molecule has 10 heteroatoms. The van der Waals surface area contributed by atoms with Gasteiger partial charge in [0.05, 0.1) is 0 Å². The zero-order chi connectivity index (χ0) is 11.4. The zero-order valence-corrected chi connectivity index (χ0v) is 9.52. The maximum Gasteiger partial charge on any atom is 0.183 e. The molecule has 0 radical (unpaired) electrons. The Hall–Kier alpha value is -1.55. The van der Waals surface area contributed by atoms with Crippen LogP contribution >= 0.6 is 24.0 Å². The van der Waals surface area contributed by atoms with Crippen molar-refractivity contribution in [2.45, 2.75) is 11.4 Å². The summed E-state index contributed by atoms with van der Waals surface area (Å²) in [6.45, 7) is 0. The van der Waals surface area contributed by atoms with Crippen LogP contribution in [0.1, 0.15) is 11.9 Å². The Balaban J connectivity index is 2.18. The molecule has 0 saturated heterocycles. The first-order valence-corrected chi connectivity index (χ1v) is 5.61. The van der Waals surface area contributed by atoms with Crippen LogP contribution in [0.5, 0.6) is 0 Å². The average Bonchev–Trinajstić information content (AvgIpc) is 2.97. The molecule has 84 valence electrons. The highest BCUT2D eigenvalue weighted by atomic mass is 32.1. The number of aromatic nitrogens is 5. The van der Waals surface area contributed by atoms with E-state index in [1.807, 2.05) is 0 Å². The Morgan fingerprint density at radius 3 is 3.06 bits per heavy atom. The minimum absolute atomic E-state index is 0.384. The van der Waals surface area contributed by atoms with Gasteiger partial charge in [-0.15, -0.1) is 34.0 Å². The largest absolute Gasteiger partial charge is 0.348 e. The number of nitrogens with zero attached hydrogens (tertiary/aromatic N) is 5. The fourth-order valence-electron chi connectivity index (χ4n) is 1.07. The number of tetrazole rings is 1. The van der Waals surface area contributed by atoms with Crippen molar-refractivity contribution in [2.24, 2.45) is 5.18 Å². The lowest BCUT2D eigenvalue weighted by atomic mass is 10.3. The monoisotopic (exact) mass is 257 g/mol. The number of rotatable bonds is 5. The lowest BCUT2D eigenvalue weighted by Gasteiger charge is -2.15. The van der Waals surface area contributed by atoms with Crippen LogP contribution in [0.25, 0.3) is 0 Å². The first-order valence-electron chi connectivity index (χ1n) is 4.21. The fraction of sp³-hybridized carbons (Fsp3) is 0.333. The average molecular weight is 257 g/mol. The number of thiazole rings is 1. The second kappa shape index (κ2) is 4.99. The summed E-state index contributed by atoms with van der Waals surface area (Å²) >= 11 is 5.44. The van der Waals surface area contributed by atoms with Gasteiger partial charge in [-0.05, 0) is 10.4 Å². The topological polar surface area (TPSA) is 109 Å². The van der Waals surface area contributed by atoms with Crippen LogP contribution in [0.15, 0.2) is 16.8 Å². The summed E-state index contributed by atoms with van der Waals surface area (Å²) in [5, 5.41) is 20.6. The lowest BCUT2D eigenvalue weighted by molar-refractivity contribution is 0.692. The van der Waals surface area contributed by atoms with Crippen molar-refractivity contribution < 1.29 is 0 Å². The SMILES string of the molecule is O=NC(S)C(Nc1nccs1)c1nnn[nH]1. The molecule has 0 aliphatic rings. The molecule has 0 fully saturated rings. The number of anilines is 1. The maximum atomic E-state index is 10.5. The molecule has 2 N–H and O–H groups in total. The number of hydrogen-bond acceptors (Lipinski definition) is 9. The summed E-state index contributed by atoms with van der Waals surface area (Å²) in [5.41, 5.74) is 0. The van der Waals surface area contributed by atoms with E-state index in [1.165, 1.54) is 11.3 Å². The molecule has 2 unspecified atom stereocenters. The fourth-order valence-corrected chi connectivity index (χ4v) is 1.85. The van der Waals surface area contributed by atoms with Crippen molar-refractivity contribution in [3.05, 3.63) is 22.3 Å². The molecule has 2 rings (SSSR count). The molecule has 0 spiro atoms. The molecule has 0 aliphatic heterocycles. The zero-order valence-electron chi connectivity index (χ0n) is 7.81. The van der Waals surface area contributed by atoms with Gasteiger partial charge in [0.1, 0.15) is 6.04 Å². The Kier molecular flexibility index (Phi) is 3.41. The van der Waals surface area contributed by atoms with Crippen LogP contribution in [0.4, 0.5) is 5.13 Å². The Morgan fingerprint density at radius 1 is 1.62 bits per heavy atom. The normalized spacial score (nSPS) is 14.3. The van der Waals surface area contributed by atoms with Crippen molar-refractivity contribution in [3.63, 3.8) is 0 Å². The molecule has 2 heterocycles. The van der Waals surface area contributed by atoms with Crippen molar-refractivity contribution in [3.8, 4) is 0 Å². The molecule has 0 aromatic carbocycles. The van der Waals surface area contributed by atoms with Crippen LogP contribution in [-0.4, -0.2) is 31.0 Å². The van der Waals surface area contributed by atoms with Gasteiger partial charge in [-0.3, -0.25) is 0 Å². The summed E-state index contributed by atoms with van der Waals surface area (Å²) in [6.07, 6.45) is 1.64. The third-order valence-electron chi connectivity index (χ3n) is 1.77. The van der Waals surface area contributed by atoms with Gasteiger partial charge in [0.25, 0.3) is 0 Å². The minimum atomic E-state index is -0.807. The van der Waals surface area contributed by atoms with Gasteiger partial charge in [0, 0.05) is 11.6 Å². The van der Waals surface area contributed by atoms with Crippen LogP contribution < -0.4 is 5.32 Å². The van der Waals surface area contributed by atoms with Gasteiger partial charge in [-0.2, -0.15) is 0 Å². The van der Waals surface area contributed by atoms with Crippen LogP contribution in [0.2, 0.25) is 0 Å². The number of nitrogens with one attached hydrogen (secondary N) is 2. The summed E-state index contributed by atoms with van der Waals surface area (Å²) in [5.74, 6) is 0.384. The highest BCUT2D eigenvalue weighted by Crippen LogP contribution is 2.24. The van der Waals surface area contributed by atoms with Gasteiger partial charge >= 0.3 is 0 Å². The molecule has 2 aromatic heterocycles. The molecular weight excluding hydrogens is 250 g/mol. The smallest absolute Gasteiger partial charge is 0.183 e. The van der Waals surface area contributed by atoms with Gasteiger partial charge in [-0.25, -0.2) is 10.1 Å². The number of aromatic amines is 1. The summed E-state index contributed by atoms with van der Waals surface area (Å²) in [4.78, 5) is 14.5. The third-order valence-corrected chi connectivity index (χ3v) is 2.87. The summed E-state index contributed by atoms with van der Waals surface area (Å²) in [7, 11) is 0. The van der Waals surface area contributed by atoms with Crippen molar-refractivity contribution >= 4 is 29.1 Å². The molecule has 0 amide bonds. The third kappa shape index (κ3) is 2.33. The van der Waals surface area contributed by atoms with E-state index in [-0.39, 0.29) is 0 Å². The summed E-state index contributed by atoms with van der Waals surface area (Å²) in [6, 6.07) is -0.540. The highest BCUT2D eigenvalue weighted by molar-refractivity contribution is 7.81.